The van der Waals surface area contributed by atoms with Gasteiger partial charge in [-0.05, 0) is 20.3 Å². The predicted molar refractivity (Wildman–Crippen MR) is 60.1 cm³/mol. The topological polar surface area (TPSA) is 46.5 Å². The Morgan fingerprint density at radius 1 is 1.36 bits per heavy atom. The molecule has 1 N–H and O–H groups in total. The Labute approximate surface area is 87.8 Å². The quantitative estimate of drug-likeness (QED) is 0.331. The van der Waals surface area contributed by atoms with Gasteiger partial charge in [-0.25, -0.2) is 0 Å². The van der Waals surface area contributed by atoms with Gasteiger partial charge in [0.2, 0.25) is 0 Å². The molecule has 0 aromatic carbocycles. The molecule has 0 bridgehead atoms. The van der Waals surface area contributed by atoms with E-state index in [0.29, 0.717) is 6.42 Å². The van der Waals surface area contributed by atoms with Crippen LogP contribution >= 0.6 is 0 Å². The SMILES string of the molecule is C=CCCC=O.CC.COC(C)(C)O. The predicted octanol–water partition coefficient (Wildman–Crippen LogP) is 2.54. The summed E-state index contributed by atoms with van der Waals surface area (Å²) in [5.74, 6) is -0.958. The summed E-state index contributed by atoms with van der Waals surface area (Å²) >= 11 is 0. The largest absolute Gasteiger partial charge is 0.366 e. The van der Waals surface area contributed by atoms with Crippen molar-refractivity contribution in [2.24, 2.45) is 0 Å². The molecule has 0 heterocycles. The minimum atomic E-state index is -0.958. The zero-order chi connectivity index (χ0) is 12.0. The van der Waals surface area contributed by atoms with E-state index in [4.69, 9.17) is 5.11 Å². The average Bonchev–Trinajstić information content (AvgIpc) is 2.18. The van der Waals surface area contributed by atoms with E-state index >= 15 is 0 Å². The van der Waals surface area contributed by atoms with Crippen LogP contribution in [0.4, 0.5) is 0 Å². The number of allylic oxidation sites excluding steroid dienone is 1. The molecule has 0 aromatic heterocycles. The summed E-state index contributed by atoms with van der Waals surface area (Å²) in [6.07, 6.45) is 4.04. The molecule has 0 aliphatic rings. The van der Waals surface area contributed by atoms with Crippen LogP contribution in [0, 0.1) is 0 Å². The van der Waals surface area contributed by atoms with Gasteiger partial charge in [-0.3, -0.25) is 0 Å². The lowest BCUT2D eigenvalue weighted by Gasteiger charge is -2.12. The van der Waals surface area contributed by atoms with Crippen LogP contribution in [0.5, 0.6) is 0 Å². The van der Waals surface area contributed by atoms with Gasteiger partial charge in [0, 0.05) is 13.5 Å². The maximum Gasteiger partial charge on any atom is 0.159 e. The first-order chi connectivity index (χ1) is 6.47. The summed E-state index contributed by atoms with van der Waals surface area (Å²) in [5, 5.41) is 8.60. The smallest absolute Gasteiger partial charge is 0.159 e. The number of aldehydes is 1. The molecule has 0 unspecified atom stereocenters. The van der Waals surface area contributed by atoms with Crippen molar-refractivity contribution in [3.8, 4) is 0 Å². The summed E-state index contributed by atoms with van der Waals surface area (Å²) in [6.45, 7) is 10.6. The molecule has 86 valence electrons. The first kappa shape index (κ1) is 19.0. The van der Waals surface area contributed by atoms with E-state index in [9.17, 15) is 4.79 Å². The summed E-state index contributed by atoms with van der Waals surface area (Å²) < 4.78 is 4.49. The highest BCUT2D eigenvalue weighted by atomic mass is 16.6. The number of carbonyl (C=O) groups is 1. The lowest BCUT2D eigenvalue weighted by atomic mass is 10.3. The molecule has 0 rings (SSSR count). The van der Waals surface area contributed by atoms with Crippen molar-refractivity contribution in [2.45, 2.75) is 46.3 Å². The molecule has 0 amide bonds. The molecular weight excluding hydrogens is 180 g/mol. The van der Waals surface area contributed by atoms with E-state index in [0.717, 1.165) is 12.7 Å². The van der Waals surface area contributed by atoms with Gasteiger partial charge in [0.1, 0.15) is 6.29 Å². The highest BCUT2D eigenvalue weighted by molar-refractivity contribution is 5.49. The number of unbranched alkanes of at least 4 members (excludes halogenated alkanes) is 1. The molecule has 0 atom stereocenters. The fourth-order valence-corrected chi connectivity index (χ4v) is 0.186. The van der Waals surface area contributed by atoms with Gasteiger partial charge in [-0.1, -0.05) is 19.9 Å². The summed E-state index contributed by atoms with van der Waals surface area (Å²) in [5.41, 5.74) is 0. The van der Waals surface area contributed by atoms with Crippen LogP contribution in [0.2, 0.25) is 0 Å². The highest BCUT2D eigenvalue weighted by Gasteiger charge is 2.06. The second-order valence-corrected chi connectivity index (χ2v) is 2.68. The summed E-state index contributed by atoms with van der Waals surface area (Å²) in [6, 6.07) is 0. The Hall–Kier alpha value is -0.670. The van der Waals surface area contributed by atoms with Gasteiger partial charge in [-0.15, -0.1) is 6.58 Å². The van der Waals surface area contributed by atoms with Crippen molar-refractivity contribution in [1.29, 1.82) is 0 Å². The summed E-state index contributed by atoms with van der Waals surface area (Å²) in [4.78, 5) is 9.52. The number of methoxy groups -OCH3 is 1. The zero-order valence-corrected chi connectivity index (χ0v) is 10.0. The Bertz CT molecular complexity index is 106. The lowest BCUT2D eigenvalue weighted by Crippen LogP contribution is -2.20. The van der Waals surface area contributed by atoms with E-state index in [1.54, 1.807) is 19.9 Å². The molecule has 0 saturated carbocycles. The van der Waals surface area contributed by atoms with Crippen LogP contribution in [0.3, 0.4) is 0 Å². The third-order valence-electron chi connectivity index (χ3n) is 0.988. The standard InChI is InChI=1S/C5H8O.C4H10O2.C2H6/c1-2-3-4-5-6;1-4(2,5)6-3;1-2/h2,5H,1,3-4H2;5H,1-3H3;1-2H3. The number of hydrogen-bond acceptors (Lipinski definition) is 3. The highest BCUT2D eigenvalue weighted by Crippen LogP contribution is 1.97. The third kappa shape index (κ3) is 42.6. The van der Waals surface area contributed by atoms with Gasteiger partial charge in [0.25, 0.3) is 0 Å². The Kier molecular flexibility index (Phi) is 20.1. The van der Waals surface area contributed by atoms with Crippen molar-refractivity contribution in [2.75, 3.05) is 7.11 Å². The zero-order valence-electron chi connectivity index (χ0n) is 10.0. The van der Waals surface area contributed by atoms with E-state index in [1.807, 2.05) is 13.8 Å². The molecule has 14 heavy (non-hydrogen) atoms. The molecule has 0 aliphatic carbocycles. The van der Waals surface area contributed by atoms with Crippen molar-refractivity contribution < 1.29 is 14.6 Å². The number of carbonyl (C=O) groups excluding carboxylic acids is 1. The van der Waals surface area contributed by atoms with Gasteiger partial charge in [0.05, 0.1) is 0 Å². The molecule has 0 saturated heterocycles. The molecular formula is C11H24O3. The van der Waals surface area contributed by atoms with E-state index < -0.39 is 5.79 Å². The number of rotatable bonds is 4. The molecule has 0 spiro atoms. The minimum Gasteiger partial charge on any atom is -0.366 e. The van der Waals surface area contributed by atoms with Crippen LogP contribution in [-0.4, -0.2) is 24.3 Å². The number of ether oxygens (including phenoxy) is 1. The van der Waals surface area contributed by atoms with Crippen molar-refractivity contribution in [3.63, 3.8) is 0 Å². The Morgan fingerprint density at radius 2 is 1.71 bits per heavy atom. The van der Waals surface area contributed by atoms with Gasteiger partial charge in [0.15, 0.2) is 5.79 Å². The fraction of sp³-hybridized carbons (Fsp3) is 0.727. The van der Waals surface area contributed by atoms with Gasteiger partial charge in [-0.2, -0.15) is 0 Å². The monoisotopic (exact) mass is 204 g/mol. The van der Waals surface area contributed by atoms with Gasteiger partial charge < -0.3 is 14.6 Å². The Morgan fingerprint density at radius 3 is 1.79 bits per heavy atom. The summed E-state index contributed by atoms with van der Waals surface area (Å²) in [7, 11) is 1.46. The second kappa shape index (κ2) is 14.8. The number of aliphatic hydroxyl groups is 1. The molecule has 0 aromatic rings. The van der Waals surface area contributed by atoms with Crippen LogP contribution in [-0.2, 0) is 9.53 Å². The van der Waals surface area contributed by atoms with Crippen LogP contribution in [0.15, 0.2) is 12.7 Å². The van der Waals surface area contributed by atoms with Gasteiger partial charge >= 0.3 is 0 Å². The van der Waals surface area contributed by atoms with Crippen LogP contribution < -0.4 is 0 Å². The normalized spacial score (nSPS) is 8.71. The van der Waals surface area contributed by atoms with E-state index in [1.165, 1.54) is 7.11 Å². The average molecular weight is 204 g/mol. The first-order valence-electron chi connectivity index (χ1n) is 4.80. The van der Waals surface area contributed by atoms with E-state index in [-0.39, 0.29) is 0 Å². The second-order valence-electron chi connectivity index (χ2n) is 2.68. The lowest BCUT2D eigenvalue weighted by molar-refractivity contribution is -0.155. The van der Waals surface area contributed by atoms with Crippen molar-refractivity contribution >= 4 is 6.29 Å². The van der Waals surface area contributed by atoms with Crippen molar-refractivity contribution in [3.05, 3.63) is 12.7 Å². The molecule has 3 nitrogen and oxygen atoms in total. The van der Waals surface area contributed by atoms with E-state index in [2.05, 4.69) is 11.3 Å². The third-order valence-corrected chi connectivity index (χ3v) is 0.988. The molecule has 3 heteroatoms. The molecule has 0 radical (unpaired) electrons. The maximum absolute atomic E-state index is 9.52. The first-order valence-corrected chi connectivity index (χ1v) is 4.80. The molecule has 0 fully saturated rings. The Balaban J connectivity index is -0.000000147. The number of hydrogen-bond donors (Lipinski definition) is 1. The van der Waals surface area contributed by atoms with Crippen molar-refractivity contribution in [1.82, 2.24) is 0 Å². The maximum atomic E-state index is 9.52. The molecule has 0 aliphatic heterocycles. The fourth-order valence-electron chi connectivity index (χ4n) is 0.186. The van der Waals surface area contributed by atoms with Crippen LogP contribution in [0.1, 0.15) is 40.5 Å². The minimum absolute atomic E-state index is 0.615. The van der Waals surface area contributed by atoms with Crippen LogP contribution in [0.25, 0.3) is 0 Å².